The normalized spacial score (nSPS) is 11.1. The third kappa shape index (κ3) is 1.49. The highest BCUT2D eigenvalue weighted by Gasteiger charge is 2.05. The van der Waals surface area contributed by atoms with E-state index in [0.717, 1.165) is 0 Å². The SMILES string of the molecule is SSc1c2ccccc2cc2ccccc12. The Bertz CT molecular complexity index is 605. The van der Waals surface area contributed by atoms with Gasteiger partial charge < -0.3 is 0 Å². The highest BCUT2D eigenvalue weighted by atomic mass is 33.1. The first-order valence-corrected chi connectivity index (χ1v) is 6.99. The fraction of sp³-hybridized carbons (Fsp3) is 0. The first-order chi connectivity index (χ1) is 7.90. The van der Waals surface area contributed by atoms with Crippen molar-refractivity contribution < 1.29 is 0 Å². The summed E-state index contributed by atoms with van der Waals surface area (Å²) in [5.74, 6) is 0. The van der Waals surface area contributed by atoms with Crippen LogP contribution in [0.3, 0.4) is 0 Å². The summed E-state index contributed by atoms with van der Waals surface area (Å²) in [5, 5.41) is 5.11. The van der Waals surface area contributed by atoms with Crippen LogP contribution < -0.4 is 0 Å². The summed E-state index contributed by atoms with van der Waals surface area (Å²) < 4.78 is 0. The van der Waals surface area contributed by atoms with Crippen molar-refractivity contribution in [1.29, 1.82) is 0 Å². The maximum atomic E-state index is 4.38. The van der Waals surface area contributed by atoms with Crippen LogP contribution in [0.4, 0.5) is 0 Å². The van der Waals surface area contributed by atoms with Crippen LogP contribution in [0.2, 0.25) is 0 Å². The lowest BCUT2D eigenvalue weighted by Crippen LogP contribution is -1.80. The van der Waals surface area contributed by atoms with Crippen LogP contribution in [0.1, 0.15) is 0 Å². The number of rotatable bonds is 1. The zero-order chi connectivity index (χ0) is 11.0. The maximum absolute atomic E-state index is 4.38. The van der Waals surface area contributed by atoms with Crippen LogP contribution in [-0.4, -0.2) is 0 Å². The van der Waals surface area contributed by atoms with Gasteiger partial charge in [0.2, 0.25) is 0 Å². The minimum atomic E-state index is 1.25. The van der Waals surface area contributed by atoms with Gasteiger partial charge in [-0.25, -0.2) is 0 Å². The molecule has 0 aromatic heterocycles. The molecule has 0 radical (unpaired) electrons. The van der Waals surface area contributed by atoms with Crippen molar-refractivity contribution in [2.75, 3.05) is 0 Å². The zero-order valence-electron chi connectivity index (χ0n) is 8.55. The Kier molecular flexibility index (Phi) is 2.54. The molecule has 2 heteroatoms. The van der Waals surface area contributed by atoms with Gasteiger partial charge >= 0.3 is 0 Å². The average molecular weight is 242 g/mol. The van der Waals surface area contributed by atoms with E-state index < -0.39 is 0 Å². The van der Waals surface area contributed by atoms with Crippen LogP contribution in [0.15, 0.2) is 59.5 Å². The Morgan fingerprint density at radius 1 is 0.750 bits per heavy atom. The quantitative estimate of drug-likeness (QED) is 0.358. The van der Waals surface area contributed by atoms with E-state index in [2.05, 4.69) is 66.3 Å². The Hall–Kier alpha value is -1.12. The molecule has 78 valence electrons. The van der Waals surface area contributed by atoms with Gasteiger partial charge in [-0.15, -0.1) is 11.7 Å². The van der Waals surface area contributed by atoms with E-state index in [1.54, 1.807) is 0 Å². The van der Waals surface area contributed by atoms with Crippen molar-refractivity contribution in [3.63, 3.8) is 0 Å². The van der Waals surface area contributed by atoms with E-state index in [0.29, 0.717) is 0 Å². The van der Waals surface area contributed by atoms with Crippen molar-refractivity contribution in [2.24, 2.45) is 0 Å². The average Bonchev–Trinajstić information content (AvgIpc) is 2.36. The maximum Gasteiger partial charge on any atom is 0.0337 e. The molecule has 0 nitrogen and oxygen atoms in total. The molecule has 0 aliphatic heterocycles. The fourth-order valence-electron chi connectivity index (χ4n) is 2.07. The summed E-state index contributed by atoms with van der Waals surface area (Å²) in [6.07, 6.45) is 0. The van der Waals surface area contributed by atoms with Crippen molar-refractivity contribution >= 4 is 44.0 Å². The molecule has 3 aromatic rings. The van der Waals surface area contributed by atoms with Crippen LogP contribution >= 0.6 is 22.5 Å². The van der Waals surface area contributed by atoms with Gasteiger partial charge in [-0.3, -0.25) is 0 Å². The summed E-state index contributed by atoms with van der Waals surface area (Å²) in [5.41, 5.74) is 0. The zero-order valence-corrected chi connectivity index (χ0v) is 10.3. The summed E-state index contributed by atoms with van der Waals surface area (Å²) in [6, 6.07) is 19.1. The van der Waals surface area contributed by atoms with Crippen molar-refractivity contribution in [3.05, 3.63) is 54.6 Å². The third-order valence-corrected chi connectivity index (χ3v) is 3.98. The second kappa shape index (κ2) is 4.04. The molecule has 0 spiro atoms. The van der Waals surface area contributed by atoms with E-state index in [9.17, 15) is 0 Å². The van der Waals surface area contributed by atoms with Crippen molar-refractivity contribution in [2.45, 2.75) is 4.90 Å². The molecule has 3 aromatic carbocycles. The Balaban J connectivity index is 2.56. The van der Waals surface area contributed by atoms with Gasteiger partial charge in [0.1, 0.15) is 0 Å². The highest BCUT2D eigenvalue weighted by Crippen LogP contribution is 2.36. The number of fused-ring (bicyclic) bond motifs is 2. The molecule has 0 bridgehead atoms. The van der Waals surface area contributed by atoms with Crippen LogP contribution in [0.25, 0.3) is 21.5 Å². The topological polar surface area (TPSA) is 0 Å². The highest BCUT2D eigenvalue weighted by molar-refractivity contribution is 8.68. The Morgan fingerprint density at radius 3 is 1.75 bits per heavy atom. The number of thiol groups is 1. The summed E-state index contributed by atoms with van der Waals surface area (Å²) >= 11 is 4.38. The molecular weight excluding hydrogens is 232 g/mol. The van der Waals surface area contributed by atoms with E-state index in [-0.39, 0.29) is 0 Å². The molecule has 0 amide bonds. The molecule has 0 saturated heterocycles. The monoisotopic (exact) mass is 242 g/mol. The molecule has 0 saturated carbocycles. The predicted octanol–water partition coefficient (Wildman–Crippen LogP) is 4.93. The number of benzene rings is 3. The van der Waals surface area contributed by atoms with Crippen molar-refractivity contribution in [1.82, 2.24) is 0 Å². The second-order valence-corrected chi connectivity index (χ2v) is 4.88. The smallest absolute Gasteiger partial charge is 0.0337 e. The molecule has 0 aliphatic carbocycles. The molecule has 16 heavy (non-hydrogen) atoms. The van der Waals surface area contributed by atoms with Gasteiger partial charge in [-0.05, 0) is 27.6 Å². The third-order valence-electron chi connectivity index (χ3n) is 2.81. The van der Waals surface area contributed by atoms with Gasteiger partial charge in [-0.1, -0.05) is 59.3 Å². The van der Waals surface area contributed by atoms with Gasteiger partial charge in [0, 0.05) is 4.90 Å². The van der Waals surface area contributed by atoms with E-state index >= 15 is 0 Å². The minimum absolute atomic E-state index is 1.25. The number of hydrogen-bond acceptors (Lipinski definition) is 2. The second-order valence-electron chi connectivity index (χ2n) is 3.74. The molecule has 0 N–H and O–H groups in total. The lowest BCUT2D eigenvalue weighted by atomic mass is 10.0. The van der Waals surface area contributed by atoms with Crippen LogP contribution in [0.5, 0.6) is 0 Å². The summed E-state index contributed by atoms with van der Waals surface area (Å²) in [6.45, 7) is 0. The molecule has 0 heterocycles. The van der Waals surface area contributed by atoms with Crippen molar-refractivity contribution in [3.8, 4) is 0 Å². The van der Waals surface area contributed by atoms with Gasteiger partial charge in [0.15, 0.2) is 0 Å². The molecular formula is C14H10S2. The largest absolute Gasteiger partial charge is 0.106 e. The fourth-order valence-corrected chi connectivity index (χ4v) is 3.23. The predicted molar refractivity (Wildman–Crippen MR) is 76.3 cm³/mol. The molecule has 0 aliphatic rings. The molecule has 0 unspecified atom stereocenters. The van der Waals surface area contributed by atoms with Crippen LogP contribution in [-0.2, 0) is 0 Å². The van der Waals surface area contributed by atoms with Crippen LogP contribution in [0, 0.1) is 0 Å². The lowest BCUT2D eigenvalue weighted by molar-refractivity contribution is 1.63. The van der Waals surface area contributed by atoms with E-state index in [4.69, 9.17) is 0 Å². The van der Waals surface area contributed by atoms with Gasteiger partial charge in [0.05, 0.1) is 0 Å². The molecule has 0 atom stereocenters. The standard InChI is InChI=1S/C14H10S2/c15-16-14-12-7-3-1-5-10(12)9-11-6-2-4-8-13(11)14/h1-9,15H. The molecule has 3 rings (SSSR count). The Labute approximate surface area is 103 Å². The summed E-state index contributed by atoms with van der Waals surface area (Å²) in [7, 11) is 1.52. The summed E-state index contributed by atoms with van der Waals surface area (Å²) in [4.78, 5) is 1.25. The lowest BCUT2D eigenvalue weighted by Gasteiger charge is -2.08. The number of hydrogen-bond donors (Lipinski definition) is 1. The Morgan fingerprint density at radius 2 is 1.25 bits per heavy atom. The first kappa shape index (κ1) is 10.1. The molecule has 0 fully saturated rings. The first-order valence-electron chi connectivity index (χ1n) is 5.12. The van der Waals surface area contributed by atoms with E-state index in [1.807, 2.05) is 0 Å². The minimum Gasteiger partial charge on any atom is -0.106 e. The van der Waals surface area contributed by atoms with Gasteiger partial charge in [-0.2, -0.15) is 0 Å². The van der Waals surface area contributed by atoms with E-state index in [1.165, 1.54) is 37.2 Å². The van der Waals surface area contributed by atoms with Gasteiger partial charge in [0.25, 0.3) is 0 Å².